The lowest BCUT2D eigenvalue weighted by atomic mass is 10.0. The van der Waals surface area contributed by atoms with Crippen molar-refractivity contribution >= 4 is 5.91 Å². The van der Waals surface area contributed by atoms with Crippen LogP contribution in [0.3, 0.4) is 0 Å². The van der Waals surface area contributed by atoms with Gasteiger partial charge in [-0.3, -0.25) is 9.69 Å². The van der Waals surface area contributed by atoms with E-state index in [-0.39, 0.29) is 11.9 Å². The second-order valence-electron chi connectivity index (χ2n) is 8.83. The number of carbonyl (C=O) groups excluding carboxylic acids is 1. The molecule has 2 aliphatic rings. The van der Waals surface area contributed by atoms with Crippen LogP contribution in [0.25, 0.3) is 0 Å². The number of hydrogen-bond donors (Lipinski definition) is 1. The number of fused-ring (bicyclic) bond motifs is 1. The van der Waals surface area contributed by atoms with Crippen molar-refractivity contribution in [2.45, 2.75) is 59.0 Å². The molecule has 1 aromatic heterocycles. The molecule has 166 valence electrons. The number of carbonyl (C=O) groups is 1. The summed E-state index contributed by atoms with van der Waals surface area (Å²) in [6.07, 6.45) is 1.37. The van der Waals surface area contributed by atoms with Gasteiger partial charge in [-0.05, 0) is 58.4 Å². The molecule has 2 aromatic rings. The number of ether oxygens (including phenoxy) is 2. The minimum Gasteiger partial charge on any atom is -0.486 e. The zero-order valence-electron chi connectivity index (χ0n) is 18.9. The number of aryl methyl sites for hydroxylation is 2. The number of amides is 1. The first-order valence-corrected chi connectivity index (χ1v) is 11.1. The van der Waals surface area contributed by atoms with Crippen LogP contribution < -0.4 is 14.8 Å². The highest BCUT2D eigenvalue weighted by molar-refractivity contribution is 5.79. The Labute approximate surface area is 184 Å². The first-order chi connectivity index (χ1) is 14.9. The molecule has 7 heteroatoms. The molecular weight excluding hydrogens is 392 g/mol. The Morgan fingerprint density at radius 2 is 1.87 bits per heavy atom. The molecule has 4 rings (SSSR count). The summed E-state index contributed by atoms with van der Waals surface area (Å²) in [6.45, 7) is 11.9. The van der Waals surface area contributed by atoms with Crippen molar-refractivity contribution < 1.29 is 14.3 Å². The zero-order valence-corrected chi connectivity index (χ0v) is 18.9. The molecule has 1 N–H and O–H groups in total. The van der Waals surface area contributed by atoms with Gasteiger partial charge in [-0.2, -0.15) is 0 Å². The van der Waals surface area contributed by atoms with Crippen molar-refractivity contribution in [3.63, 3.8) is 0 Å². The average Bonchev–Trinajstić information content (AvgIpc) is 3.18. The third-order valence-corrected chi connectivity index (χ3v) is 5.88. The van der Waals surface area contributed by atoms with Gasteiger partial charge in [-0.15, -0.1) is 0 Å². The first-order valence-electron chi connectivity index (χ1n) is 11.1. The summed E-state index contributed by atoms with van der Waals surface area (Å²) in [4.78, 5) is 24.2. The van der Waals surface area contributed by atoms with Crippen LogP contribution in [0.1, 0.15) is 54.5 Å². The summed E-state index contributed by atoms with van der Waals surface area (Å²) < 4.78 is 11.3. The van der Waals surface area contributed by atoms with Crippen LogP contribution in [0.15, 0.2) is 18.2 Å². The third kappa shape index (κ3) is 5.15. The molecule has 0 spiro atoms. The maximum Gasteiger partial charge on any atom is 0.224 e. The molecule has 1 fully saturated rings. The number of benzene rings is 1. The van der Waals surface area contributed by atoms with Crippen molar-refractivity contribution in [3.05, 3.63) is 46.5 Å². The van der Waals surface area contributed by atoms with Gasteiger partial charge in [-0.25, -0.2) is 9.97 Å². The molecular formula is C24H32N4O3. The van der Waals surface area contributed by atoms with Crippen LogP contribution in [-0.4, -0.2) is 53.1 Å². The standard InChI is InChI=1S/C24H32N4O3/c1-15(2)25-23(29)12-20-16(3)26-24(27-17(20)4)19-7-8-28(14-19)13-18-5-6-21-22(11-18)31-10-9-30-21/h5-6,11,15,19H,7-10,12-14H2,1-4H3,(H,25,29)/t19-/m0/s1. The van der Waals surface area contributed by atoms with Crippen LogP contribution >= 0.6 is 0 Å². The summed E-state index contributed by atoms with van der Waals surface area (Å²) in [7, 11) is 0. The van der Waals surface area contributed by atoms with E-state index < -0.39 is 0 Å². The maximum absolute atomic E-state index is 12.2. The molecule has 0 unspecified atom stereocenters. The van der Waals surface area contributed by atoms with E-state index >= 15 is 0 Å². The fraction of sp³-hybridized carbons (Fsp3) is 0.542. The van der Waals surface area contributed by atoms with E-state index in [1.807, 2.05) is 33.8 Å². The summed E-state index contributed by atoms with van der Waals surface area (Å²) in [6, 6.07) is 6.33. The van der Waals surface area contributed by atoms with E-state index in [4.69, 9.17) is 19.4 Å². The molecule has 0 saturated carbocycles. The van der Waals surface area contributed by atoms with Crippen LogP contribution in [0, 0.1) is 13.8 Å². The van der Waals surface area contributed by atoms with Crippen LogP contribution in [0.5, 0.6) is 11.5 Å². The van der Waals surface area contributed by atoms with Crippen molar-refractivity contribution in [1.82, 2.24) is 20.2 Å². The van der Waals surface area contributed by atoms with Crippen LogP contribution in [0.4, 0.5) is 0 Å². The Hall–Kier alpha value is -2.67. The van der Waals surface area contributed by atoms with E-state index in [2.05, 4.69) is 22.3 Å². The smallest absolute Gasteiger partial charge is 0.224 e. The molecule has 7 nitrogen and oxygen atoms in total. The molecule has 0 aliphatic carbocycles. The first kappa shape index (κ1) is 21.6. The molecule has 1 aromatic carbocycles. The third-order valence-electron chi connectivity index (χ3n) is 5.88. The highest BCUT2D eigenvalue weighted by atomic mass is 16.6. The summed E-state index contributed by atoms with van der Waals surface area (Å²) >= 11 is 0. The van der Waals surface area contributed by atoms with E-state index in [0.717, 1.165) is 60.3 Å². The van der Waals surface area contributed by atoms with E-state index in [0.29, 0.717) is 25.6 Å². The lowest BCUT2D eigenvalue weighted by Gasteiger charge is -2.21. The van der Waals surface area contributed by atoms with Gasteiger partial charge >= 0.3 is 0 Å². The average molecular weight is 425 g/mol. The minimum atomic E-state index is 0.0176. The highest BCUT2D eigenvalue weighted by Crippen LogP contribution is 2.32. The quantitative estimate of drug-likeness (QED) is 0.768. The van der Waals surface area contributed by atoms with Crippen LogP contribution in [0.2, 0.25) is 0 Å². The Kier molecular flexibility index (Phi) is 6.41. The normalized spacial score (nSPS) is 18.4. The fourth-order valence-electron chi connectivity index (χ4n) is 4.37. The number of likely N-dealkylation sites (tertiary alicyclic amines) is 1. The summed E-state index contributed by atoms with van der Waals surface area (Å²) in [5.41, 5.74) is 3.98. The lowest BCUT2D eigenvalue weighted by molar-refractivity contribution is -0.120. The van der Waals surface area contributed by atoms with Gasteiger partial charge in [0.25, 0.3) is 0 Å². The van der Waals surface area contributed by atoms with Gasteiger partial charge in [0.2, 0.25) is 5.91 Å². The van der Waals surface area contributed by atoms with Gasteiger partial charge in [0, 0.05) is 42.0 Å². The van der Waals surface area contributed by atoms with Crippen molar-refractivity contribution in [2.75, 3.05) is 26.3 Å². The predicted octanol–water partition coefficient (Wildman–Crippen LogP) is 2.92. The molecule has 1 amide bonds. The lowest BCUT2D eigenvalue weighted by Crippen LogP contribution is -2.32. The molecule has 2 aliphatic heterocycles. The number of hydrogen-bond acceptors (Lipinski definition) is 6. The van der Waals surface area contributed by atoms with Gasteiger partial charge in [0.1, 0.15) is 19.0 Å². The van der Waals surface area contributed by atoms with Crippen molar-refractivity contribution in [3.8, 4) is 11.5 Å². The molecule has 1 saturated heterocycles. The van der Waals surface area contributed by atoms with Crippen molar-refractivity contribution in [1.29, 1.82) is 0 Å². The molecule has 0 bridgehead atoms. The molecule has 3 heterocycles. The molecule has 1 atom stereocenters. The Morgan fingerprint density at radius 3 is 2.58 bits per heavy atom. The Balaban J connectivity index is 1.40. The number of aromatic nitrogens is 2. The summed E-state index contributed by atoms with van der Waals surface area (Å²) in [5, 5.41) is 2.95. The second kappa shape index (κ2) is 9.22. The minimum absolute atomic E-state index is 0.0176. The Morgan fingerprint density at radius 1 is 1.16 bits per heavy atom. The fourth-order valence-corrected chi connectivity index (χ4v) is 4.37. The van der Waals surface area contributed by atoms with E-state index in [1.54, 1.807) is 0 Å². The Bertz CT molecular complexity index is 937. The van der Waals surface area contributed by atoms with Crippen LogP contribution in [-0.2, 0) is 17.8 Å². The van der Waals surface area contributed by atoms with Gasteiger partial charge in [0.05, 0.1) is 6.42 Å². The van der Waals surface area contributed by atoms with Gasteiger partial charge < -0.3 is 14.8 Å². The number of nitrogens with one attached hydrogen (secondary N) is 1. The zero-order chi connectivity index (χ0) is 22.0. The SMILES string of the molecule is Cc1nc([C@H]2CCN(Cc3ccc4c(c3)OCCO4)C2)nc(C)c1CC(=O)NC(C)C. The largest absolute Gasteiger partial charge is 0.486 e. The van der Waals surface area contributed by atoms with E-state index in [1.165, 1.54) is 5.56 Å². The maximum atomic E-state index is 12.2. The van der Waals surface area contributed by atoms with Gasteiger partial charge in [0.15, 0.2) is 11.5 Å². The van der Waals surface area contributed by atoms with Gasteiger partial charge in [-0.1, -0.05) is 6.07 Å². The predicted molar refractivity (Wildman–Crippen MR) is 119 cm³/mol. The highest BCUT2D eigenvalue weighted by Gasteiger charge is 2.27. The summed E-state index contributed by atoms with van der Waals surface area (Å²) in [5.74, 6) is 2.90. The topological polar surface area (TPSA) is 76.6 Å². The number of nitrogens with zero attached hydrogens (tertiary/aromatic N) is 3. The molecule has 31 heavy (non-hydrogen) atoms. The van der Waals surface area contributed by atoms with E-state index in [9.17, 15) is 4.79 Å². The van der Waals surface area contributed by atoms with Crippen molar-refractivity contribution in [2.24, 2.45) is 0 Å². The monoisotopic (exact) mass is 424 g/mol. The second-order valence-corrected chi connectivity index (χ2v) is 8.83. The number of rotatable bonds is 6. The molecule has 0 radical (unpaired) electrons.